The van der Waals surface area contributed by atoms with Crippen molar-refractivity contribution in [3.8, 4) is 0 Å². The minimum atomic E-state index is 0.00275. The van der Waals surface area contributed by atoms with Crippen LogP contribution < -0.4 is 5.73 Å². The molecule has 0 amide bonds. The van der Waals surface area contributed by atoms with Gasteiger partial charge >= 0.3 is 0 Å². The monoisotopic (exact) mass is 261 g/mol. The Balaban J connectivity index is 2.87. The Morgan fingerprint density at radius 2 is 2.23 bits per heavy atom. The highest BCUT2D eigenvalue weighted by atomic mass is 79.9. The molecule has 70 valence electrons. The summed E-state index contributed by atoms with van der Waals surface area (Å²) >= 11 is 9.12. The average molecular weight is 263 g/mol. The highest BCUT2D eigenvalue weighted by molar-refractivity contribution is 9.10. The van der Waals surface area contributed by atoms with Crippen molar-refractivity contribution in [2.75, 3.05) is 6.54 Å². The molecule has 0 aliphatic heterocycles. The molecule has 0 aliphatic rings. The van der Waals surface area contributed by atoms with Gasteiger partial charge in [0.2, 0.25) is 0 Å². The molecule has 1 aromatic carbocycles. The van der Waals surface area contributed by atoms with E-state index in [4.69, 9.17) is 17.3 Å². The Kier molecular flexibility index (Phi) is 3.90. The van der Waals surface area contributed by atoms with E-state index in [1.165, 1.54) is 0 Å². The first-order valence-electron chi connectivity index (χ1n) is 3.79. The first-order chi connectivity index (χ1) is 6.13. The maximum atomic E-state index is 11.1. The minimum absolute atomic E-state index is 0.00275. The molecule has 0 saturated heterocycles. The lowest BCUT2D eigenvalue weighted by atomic mass is 10.1. The van der Waals surface area contributed by atoms with Crippen LogP contribution in [0.1, 0.15) is 5.56 Å². The van der Waals surface area contributed by atoms with Crippen LogP contribution in [0.5, 0.6) is 0 Å². The fraction of sp³-hybridized carbons (Fsp3) is 0.222. The molecule has 0 spiro atoms. The van der Waals surface area contributed by atoms with Crippen LogP contribution in [0.15, 0.2) is 22.7 Å². The molecule has 1 rings (SSSR count). The Hall–Kier alpha value is -0.380. The van der Waals surface area contributed by atoms with Crippen molar-refractivity contribution in [1.29, 1.82) is 0 Å². The summed E-state index contributed by atoms with van der Waals surface area (Å²) in [5, 5.41) is 0.628. The molecule has 0 aromatic heterocycles. The first-order valence-corrected chi connectivity index (χ1v) is 4.96. The van der Waals surface area contributed by atoms with E-state index in [1.54, 1.807) is 12.1 Å². The molecule has 1 aromatic rings. The van der Waals surface area contributed by atoms with E-state index in [2.05, 4.69) is 15.9 Å². The molecule has 4 heteroatoms. The second kappa shape index (κ2) is 4.74. The molecule has 0 atom stereocenters. The highest BCUT2D eigenvalue weighted by Crippen LogP contribution is 2.21. The zero-order valence-corrected chi connectivity index (χ0v) is 9.23. The third-order valence-electron chi connectivity index (χ3n) is 1.62. The second-order valence-electron chi connectivity index (χ2n) is 2.66. The van der Waals surface area contributed by atoms with E-state index in [0.29, 0.717) is 11.4 Å². The lowest BCUT2D eigenvalue weighted by molar-refractivity contribution is -0.117. The van der Waals surface area contributed by atoms with Gasteiger partial charge in [0, 0.05) is 15.9 Å². The van der Waals surface area contributed by atoms with Gasteiger partial charge in [-0.15, -0.1) is 0 Å². The third-order valence-corrected chi connectivity index (χ3v) is 2.63. The van der Waals surface area contributed by atoms with Gasteiger partial charge < -0.3 is 5.73 Å². The molecule has 0 fully saturated rings. The standard InChI is InChI=1S/C9H9BrClNO/c10-9-2-1-7(11)3-6(9)4-8(13)5-12/h1-3H,4-5,12H2. The zero-order valence-electron chi connectivity index (χ0n) is 6.89. The maximum absolute atomic E-state index is 11.1. The lowest BCUT2D eigenvalue weighted by Crippen LogP contribution is -2.15. The predicted molar refractivity (Wildman–Crippen MR) is 56.9 cm³/mol. The number of benzene rings is 1. The lowest BCUT2D eigenvalue weighted by Gasteiger charge is -2.02. The maximum Gasteiger partial charge on any atom is 0.150 e. The summed E-state index contributed by atoms with van der Waals surface area (Å²) in [4.78, 5) is 11.1. The minimum Gasteiger partial charge on any atom is -0.324 e. The largest absolute Gasteiger partial charge is 0.324 e. The van der Waals surface area contributed by atoms with Crippen LogP contribution in [0, 0.1) is 0 Å². The van der Waals surface area contributed by atoms with Gasteiger partial charge in [0.25, 0.3) is 0 Å². The van der Waals surface area contributed by atoms with Crippen molar-refractivity contribution in [1.82, 2.24) is 0 Å². The first kappa shape index (κ1) is 10.7. The topological polar surface area (TPSA) is 43.1 Å². The Bertz CT molecular complexity index is 327. The Morgan fingerprint density at radius 1 is 1.54 bits per heavy atom. The van der Waals surface area contributed by atoms with Crippen LogP contribution >= 0.6 is 27.5 Å². The number of nitrogens with two attached hydrogens (primary N) is 1. The van der Waals surface area contributed by atoms with Gasteiger partial charge in [-0.3, -0.25) is 4.79 Å². The van der Waals surface area contributed by atoms with Crippen molar-refractivity contribution in [2.24, 2.45) is 5.73 Å². The van der Waals surface area contributed by atoms with Gasteiger partial charge in [-0.2, -0.15) is 0 Å². The average Bonchev–Trinajstić information content (AvgIpc) is 2.11. The molecular weight excluding hydrogens is 253 g/mol. The van der Waals surface area contributed by atoms with Crippen molar-refractivity contribution >= 4 is 33.3 Å². The summed E-state index contributed by atoms with van der Waals surface area (Å²) in [5.74, 6) is 0.00275. The van der Waals surface area contributed by atoms with Crippen molar-refractivity contribution in [3.05, 3.63) is 33.3 Å². The summed E-state index contributed by atoms with van der Waals surface area (Å²) in [6.45, 7) is 0.0684. The summed E-state index contributed by atoms with van der Waals surface area (Å²) < 4.78 is 0.888. The molecule has 13 heavy (non-hydrogen) atoms. The van der Waals surface area contributed by atoms with Crippen LogP contribution in [-0.2, 0) is 11.2 Å². The van der Waals surface area contributed by atoms with Crippen LogP contribution in [0.4, 0.5) is 0 Å². The van der Waals surface area contributed by atoms with E-state index in [0.717, 1.165) is 10.0 Å². The highest BCUT2D eigenvalue weighted by Gasteiger charge is 2.05. The van der Waals surface area contributed by atoms with Crippen molar-refractivity contribution in [3.63, 3.8) is 0 Å². The number of ketones is 1. The molecule has 0 unspecified atom stereocenters. The number of carbonyl (C=O) groups is 1. The quantitative estimate of drug-likeness (QED) is 0.907. The molecule has 0 bridgehead atoms. The SMILES string of the molecule is NCC(=O)Cc1cc(Cl)ccc1Br. The van der Waals surface area contributed by atoms with Crippen LogP contribution in [0.25, 0.3) is 0 Å². The van der Waals surface area contributed by atoms with Crippen molar-refractivity contribution in [2.45, 2.75) is 6.42 Å². The molecule has 0 saturated carbocycles. The van der Waals surface area contributed by atoms with E-state index >= 15 is 0 Å². The summed E-state index contributed by atoms with van der Waals surface area (Å²) in [6.07, 6.45) is 0.331. The van der Waals surface area contributed by atoms with Gasteiger partial charge in [-0.05, 0) is 23.8 Å². The fourth-order valence-electron chi connectivity index (χ4n) is 0.963. The normalized spacial score (nSPS) is 10.1. The smallest absolute Gasteiger partial charge is 0.150 e. The van der Waals surface area contributed by atoms with E-state index < -0.39 is 0 Å². The van der Waals surface area contributed by atoms with Gasteiger partial charge in [0.15, 0.2) is 5.78 Å². The number of hydrogen-bond donors (Lipinski definition) is 1. The van der Waals surface area contributed by atoms with E-state index in [1.807, 2.05) is 6.07 Å². The fourth-order valence-corrected chi connectivity index (χ4v) is 1.54. The number of rotatable bonds is 3. The second-order valence-corrected chi connectivity index (χ2v) is 3.95. The molecule has 0 radical (unpaired) electrons. The number of carbonyl (C=O) groups excluding carboxylic acids is 1. The summed E-state index contributed by atoms with van der Waals surface area (Å²) in [7, 11) is 0. The van der Waals surface area contributed by atoms with Gasteiger partial charge in [-0.1, -0.05) is 27.5 Å². The van der Waals surface area contributed by atoms with Gasteiger partial charge in [0.05, 0.1) is 6.54 Å². The van der Waals surface area contributed by atoms with Gasteiger partial charge in [0.1, 0.15) is 0 Å². The molecule has 2 N–H and O–H groups in total. The van der Waals surface area contributed by atoms with Crippen LogP contribution in [-0.4, -0.2) is 12.3 Å². The van der Waals surface area contributed by atoms with Crippen molar-refractivity contribution < 1.29 is 4.79 Å². The van der Waals surface area contributed by atoms with E-state index in [-0.39, 0.29) is 12.3 Å². The zero-order chi connectivity index (χ0) is 9.84. The molecule has 2 nitrogen and oxygen atoms in total. The molecular formula is C9H9BrClNO. The summed E-state index contributed by atoms with van der Waals surface area (Å²) in [5.41, 5.74) is 6.09. The van der Waals surface area contributed by atoms with Crippen LogP contribution in [0.2, 0.25) is 5.02 Å². The Morgan fingerprint density at radius 3 is 2.85 bits per heavy atom. The number of halogens is 2. The van der Waals surface area contributed by atoms with E-state index in [9.17, 15) is 4.79 Å². The van der Waals surface area contributed by atoms with Crippen LogP contribution in [0.3, 0.4) is 0 Å². The number of hydrogen-bond acceptors (Lipinski definition) is 2. The predicted octanol–water partition coefficient (Wildman–Crippen LogP) is 2.17. The van der Waals surface area contributed by atoms with Gasteiger partial charge in [-0.25, -0.2) is 0 Å². The molecule has 0 heterocycles. The molecule has 0 aliphatic carbocycles. The third kappa shape index (κ3) is 3.10. The summed E-state index contributed by atoms with van der Waals surface area (Å²) in [6, 6.07) is 5.35. The number of Topliss-reactive ketones (excluding diaryl/α,β-unsaturated/α-hetero) is 1. The Labute approximate surface area is 90.2 Å².